The molecule has 5 nitrogen and oxygen atoms in total. The van der Waals surface area contributed by atoms with Crippen LogP contribution >= 0.6 is 0 Å². The third-order valence-corrected chi connectivity index (χ3v) is 2.76. The van der Waals surface area contributed by atoms with E-state index in [2.05, 4.69) is 0 Å². The van der Waals surface area contributed by atoms with Crippen LogP contribution < -0.4 is 4.74 Å². The monoisotopic (exact) mass is 269 g/mol. The normalized spacial score (nSPS) is 13.5. The minimum absolute atomic E-state index is 0.346. The van der Waals surface area contributed by atoms with Crippen molar-refractivity contribution in [3.8, 4) is 5.75 Å². The maximum atomic E-state index is 12.7. The number of rotatable bonds is 5. The van der Waals surface area contributed by atoms with Crippen LogP contribution in [0.5, 0.6) is 5.75 Å². The highest BCUT2D eigenvalue weighted by atomic mass is 19.1. The summed E-state index contributed by atoms with van der Waals surface area (Å²) in [5, 5.41) is 8.83. The number of amides is 1. The molecule has 104 valence electrons. The Morgan fingerprint density at radius 3 is 2.26 bits per heavy atom. The quantitative estimate of drug-likeness (QED) is 0.880. The molecule has 0 spiro atoms. The summed E-state index contributed by atoms with van der Waals surface area (Å²) in [7, 11) is 1.39. The zero-order valence-corrected chi connectivity index (χ0v) is 11.0. The molecule has 0 radical (unpaired) electrons. The number of carbonyl (C=O) groups excluding carboxylic acids is 1. The zero-order valence-electron chi connectivity index (χ0n) is 11.0. The molecule has 1 rings (SSSR count). The van der Waals surface area contributed by atoms with Gasteiger partial charge in [-0.15, -0.1) is 0 Å². The van der Waals surface area contributed by atoms with Crippen molar-refractivity contribution in [2.24, 2.45) is 0 Å². The maximum Gasteiger partial charge on any atom is 0.326 e. The molecular weight excluding hydrogens is 253 g/mol. The number of carbonyl (C=O) groups is 2. The fraction of sp³-hybridized carbons (Fsp3) is 0.385. The van der Waals surface area contributed by atoms with Gasteiger partial charge in [-0.25, -0.2) is 9.18 Å². The number of hydrogen-bond donors (Lipinski definition) is 1. The number of ether oxygens (including phenoxy) is 1. The number of hydrogen-bond acceptors (Lipinski definition) is 3. The van der Waals surface area contributed by atoms with Crippen molar-refractivity contribution in [2.45, 2.75) is 26.0 Å². The van der Waals surface area contributed by atoms with Crippen molar-refractivity contribution in [3.63, 3.8) is 0 Å². The topological polar surface area (TPSA) is 66.8 Å². The molecular formula is C13H16FNO4. The molecule has 2 unspecified atom stereocenters. The first-order valence-electron chi connectivity index (χ1n) is 5.74. The number of halogens is 1. The van der Waals surface area contributed by atoms with Crippen LogP contribution in [0.1, 0.15) is 13.8 Å². The lowest BCUT2D eigenvalue weighted by atomic mass is 10.2. The summed E-state index contributed by atoms with van der Waals surface area (Å²) in [5.74, 6) is -1.61. The van der Waals surface area contributed by atoms with Crippen molar-refractivity contribution < 1.29 is 23.8 Å². The third kappa shape index (κ3) is 3.94. The van der Waals surface area contributed by atoms with Crippen LogP contribution in [-0.2, 0) is 9.59 Å². The second-order valence-electron chi connectivity index (χ2n) is 4.18. The first-order valence-corrected chi connectivity index (χ1v) is 5.74. The van der Waals surface area contributed by atoms with Crippen LogP contribution in [0.25, 0.3) is 0 Å². The standard InChI is InChI=1S/C13H16FNO4/c1-8(13(17)18)15(3)12(16)9(2)19-11-6-4-10(14)5-7-11/h4-9H,1-3H3,(H,17,18). The second kappa shape index (κ2) is 6.17. The van der Waals surface area contributed by atoms with Gasteiger partial charge in [0, 0.05) is 7.05 Å². The van der Waals surface area contributed by atoms with E-state index in [-0.39, 0.29) is 0 Å². The Labute approximate surface area is 110 Å². The number of benzene rings is 1. The molecule has 0 aliphatic heterocycles. The van der Waals surface area contributed by atoms with E-state index in [1.54, 1.807) is 0 Å². The Kier molecular flexibility index (Phi) is 4.86. The van der Waals surface area contributed by atoms with E-state index in [1.807, 2.05) is 0 Å². The fourth-order valence-corrected chi connectivity index (χ4v) is 1.41. The van der Waals surface area contributed by atoms with E-state index in [0.717, 1.165) is 4.90 Å². The SMILES string of the molecule is CC(Oc1ccc(F)cc1)C(=O)N(C)C(C)C(=O)O. The highest BCUT2D eigenvalue weighted by Crippen LogP contribution is 2.14. The second-order valence-corrected chi connectivity index (χ2v) is 4.18. The van der Waals surface area contributed by atoms with Gasteiger partial charge in [0.1, 0.15) is 17.6 Å². The largest absolute Gasteiger partial charge is 0.481 e. The van der Waals surface area contributed by atoms with Gasteiger partial charge in [-0.3, -0.25) is 4.79 Å². The number of carboxylic acid groups (broad SMARTS) is 1. The highest BCUT2D eigenvalue weighted by Gasteiger charge is 2.26. The zero-order chi connectivity index (χ0) is 14.6. The van der Waals surface area contributed by atoms with Crippen molar-refractivity contribution in [3.05, 3.63) is 30.1 Å². The molecule has 1 amide bonds. The van der Waals surface area contributed by atoms with Crippen LogP contribution in [-0.4, -0.2) is 41.1 Å². The lowest BCUT2D eigenvalue weighted by Crippen LogP contribution is -2.46. The summed E-state index contributed by atoms with van der Waals surface area (Å²) >= 11 is 0. The van der Waals surface area contributed by atoms with Crippen LogP contribution in [0, 0.1) is 5.82 Å². The minimum Gasteiger partial charge on any atom is -0.481 e. The van der Waals surface area contributed by atoms with Gasteiger partial charge in [-0.2, -0.15) is 0 Å². The minimum atomic E-state index is -1.09. The van der Waals surface area contributed by atoms with Gasteiger partial charge in [0.2, 0.25) is 0 Å². The summed E-state index contributed by atoms with van der Waals surface area (Å²) < 4.78 is 18.0. The average molecular weight is 269 g/mol. The lowest BCUT2D eigenvalue weighted by molar-refractivity contribution is -0.150. The summed E-state index contributed by atoms with van der Waals surface area (Å²) in [6.45, 7) is 2.92. The van der Waals surface area contributed by atoms with Gasteiger partial charge in [-0.05, 0) is 38.1 Å². The van der Waals surface area contributed by atoms with Gasteiger partial charge in [0.25, 0.3) is 5.91 Å². The van der Waals surface area contributed by atoms with Crippen LogP contribution in [0.15, 0.2) is 24.3 Å². The van der Waals surface area contributed by atoms with Gasteiger partial charge in [0.15, 0.2) is 6.10 Å². The predicted molar refractivity (Wildman–Crippen MR) is 66.4 cm³/mol. The Morgan fingerprint density at radius 2 is 1.79 bits per heavy atom. The first kappa shape index (κ1) is 14.9. The van der Waals surface area contributed by atoms with Gasteiger partial charge >= 0.3 is 5.97 Å². The molecule has 0 aliphatic carbocycles. The number of likely N-dealkylation sites (N-methyl/N-ethyl adjacent to an activating group) is 1. The predicted octanol–water partition coefficient (Wildman–Crippen LogP) is 1.52. The number of carboxylic acids is 1. The molecule has 0 bridgehead atoms. The molecule has 19 heavy (non-hydrogen) atoms. The third-order valence-electron chi connectivity index (χ3n) is 2.76. The maximum absolute atomic E-state index is 12.7. The van der Waals surface area contributed by atoms with Crippen molar-refractivity contribution in [1.82, 2.24) is 4.90 Å². The van der Waals surface area contributed by atoms with E-state index >= 15 is 0 Å². The Morgan fingerprint density at radius 1 is 1.26 bits per heavy atom. The Balaban J connectivity index is 2.67. The van der Waals surface area contributed by atoms with E-state index in [0.29, 0.717) is 5.75 Å². The van der Waals surface area contributed by atoms with E-state index in [4.69, 9.17) is 9.84 Å². The fourth-order valence-electron chi connectivity index (χ4n) is 1.41. The Bertz CT molecular complexity index is 460. The molecule has 0 heterocycles. The molecule has 0 aromatic heterocycles. The van der Waals surface area contributed by atoms with Crippen LogP contribution in [0.3, 0.4) is 0 Å². The van der Waals surface area contributed by atoms with Gasteiger partial charge in [-0.1, -0.05) is 0 Å². The van der Waals surface area contributed by atoms with Crippen molar-refractivity contribution >= 4 is 11.9 Å². The van der Waals surface area contributed by atoms with E-state index in [1.165, 1.54) is 45.2 Å². The van der Waals surface area contributed by atoms with Crippen molar-refractivity contribution in [2.75, 3.05) is 7.05 Å². The molecule has 6 heteroatoms. The Hall–Kier alpha value is -2.11. The number of aliphatic carboxylic acids is 1. The molecule has 1 aromatic rings. The lowest BCUT2D eigenvalue weighted by Gasteiger charge is -2.25. The summed E-state index contributed by atoms with van der Waals surface area (Å²) in [6.07, 6.45) is -0.850. The number of nitrogens with zero attached hydrogens (tertiary/aromatic N) is 1. The van der Waals surface area contributed by atoms with Gasteiger partial charge in [0.05, 0.1) is 0 Å². The highest BCUT2D eigenvalue weighted by molar-refractivity contribution is 5.85. The van der Waals surface area contributed by atoms with Crippen LogP contribution in [0.2, 0.25) is 0 Å². The van der Waals surface area contributed by atoms with Crippen LogP contribution in [0.4, 0.5) is 4.39 Å². The molecule has 0 fully saturated rings. The van der Waals surface area contributed by atoms with E-state index in [9.17, 15) is 14.0 Å². The van der Waals surface area contributed by atoms with Gasteiger partial charge < -0.3 is 14.7 Å². The van der Waals surface area contributed by atoms with E-state index < -0.39 is 29.8 Å². The summed E-state index contributed by atoms with van der Waals surface area (Å²) in [5.41, 5.74) is 0. The van der Waals surface area contributed by atoms with Crippen molar-refractivity contribution in [1.29, 1.82) is 0 Å². The average Bonchev–Trinajstić information content (AvgIpc) is 2.38. The molecule has 1 aromatic carbocycles. The molecule has 0 saturated carbocycles. The smallest absolute Gasteiger partial charge is 0.326 e. The summed E-state index contributed by atoms with van der Waals surface area (Å²) in [6, 6.07) is 4.30. The summed E-state index contributed by atoms with van der Waals surface area (Å²) in [4.78, 5) is 23.8. The molecule has 2 atom stereocenters. The molecule has 0 aliphatic rings. The molecule has 1 N–H and O–H groups in total. The molecule has 0 saturated heterocycles. The first-order chi connectivity index (χ1) is 8.82.